The third kappa shape index (κ3) is 5.46. The number of nitrogens with zero attached hydrogens (tertiary/aromatic N) is 7. The smallest absolute Gasteiger partial charge is 0.206 e. The van der Waals surface area contributed by atoms with Gasteiger partial charge >= 0.3 is 0 Å². The molecule has 0 saturated carbocycles. The van der Waals surface area contributed by atoms with E-state index in [-0.39, 0.29) is 11.8 Å². The zero-order chi connectivity index (χ0) is 26.8. The maximum Gasteiger partial charge on any atom is 0.206 e. The molecular weight excluding hydrogens is 492 g/mol. The molecule has 1 aromatic carbocycles. The van der Waals surface area contributed by atoms with Gasteiger partial charge in [0.15, 0.2) is 5.82 Å². The van der Waals surface area contributed by atoms with Crippen LogP contribution >= 0.6 is 0 Å². The number of fused-ring (bicyclic) bond motifs is 3. The summed E-state index contributed by atoms with van der Waals surface area (Å²) in [5, 5.41) is 18.7. The van der Waals surface area contributed by atoms with Gasteiger partial charge in [-0.3, -0.25) is 4.90 Å². The molecule has 4 aliphatic rings. The van der Waals surface area contributed by atoms with Gasteiger partial charge in [0.25, 0.3) is 0 Å². The molecule has 0 aliphatic carbocycles. The number of hydrogen-bond donors (Lipinski definition) is 2. The Morgan fingerprint density at radius 1 is 1.10 bits per heavy atom. The van der Waals surface area contributed by atoms with Gasteiger partial charge in [-0.15, -0.1) is 10.2 Å². The van der Waals surface area contributed by atoms with Gasteiger partial charge in [-0.1, -0.05) is 18.1 Å². The van der Waals surface area contributed by atoms with E-state index in [2.05, 4.69) is 48.6 Å². The number of rotatable bonds is 4. The average molecular weight is 527 g/mol. The Balaban J connectivity index is 1.15. The van der Waals surface area contributed by atoms with Crippen LogP contribution in [0.4, 0.5) is 17.3 Å². The summed E-state index contributed by atoms with van der Waals surface area (Å²) in [5.41, 5.74) is 8.32. The Bertz CT molecular complexity index is 1380. The number of aromatic hydroxyl groups is 1. The molecule has 202 valence electrons. The van der Waals surface area contributed by atoms with Crippen LogP contribution < -0.4 is 15.5 Å². The van der Waals surface area contributed by atoms with E-state index in [1.807, 2.05) is 24.3 Å². The van der Waals surface area contributed by atoms with Crippen LogP contribution in [0.1, 0.15) is 32.0 Å². The lowest BCUT2D eigenvalue weighted by Crippen LogP contribution is -2.54. The van der Waals surface area contributed by atoms with Gasteiger partial charge in [0.1, 0.15) is 11.6 Å². The van der Waals surface area contributed by atoms with Crippen LogP contribution in [0.3, 0.4) is 0 Å². The molecule has 2 bridgehead atoms. The molecule has 3 aromatic rings. The highest BCUT2D eigenvalue weighted by Crippen LogP contribution is 2.32. The van der Waals surface area contributed by atoms with E-state index in [1.165, 1.54) is 6.42 Å². The molecule has 0 radical (unpaired) electrons. The van der Waals surface area contributed by atoms with E-state index in [0.29, 0.717) is 35.0 Å². The summed E-state index contributed by atoms with van der Waals surface area (Å²) in [7, 11) is 0. The number of aromatic nitrogens is 4. The summed E-state index contributed by atoms with van der Waals surface area (Å²) in [4.78, 5) is 16.2. The number of nitrogen functional groups attached to an aromatic ring is 1. The molecule has 0 spiro atoms. The van der Waals surface area contributed by atoms with Gasteiger partial charge in [0.05, 0.1) is 30.6 Å². The van der Waals surface area contributed by atoms with Crippen LogP contribution in [-0.2, 0) is 4.74 Å². The van der Waals surface area contributed by atoms with Crippen molar-refractivity contribution in [3.63, 3.8) is 0 Å². The van der Waals surface area contributed by atoms with E-state index in [0.717, 1.165) is 63.7 Å². The summed E-state index contributed by atoms with van der Waals surface area (Å²) in [6.45, 7) is 7.03. The number of morpholine rings is 1. The maximum absolute atomic E-state index is 10.3. The quantitative estimate of drug-likeness (QED) is 0.491. The number of phenols is 1. The fraction of sp³-hybridized carbons (Fsp3) is 0.448. The first-order chi connectivity index (χ1) is 19.0. The van der Waals surface area contributed by atoms with Crippen LogP contribution in [-0.4, -0.2) is 87.7 Å². The molecule has 3 unspecified atom stereocenters. The Kier molecular flexibility index (Phi) is 7.18. The molecule has 4 aliphatic heterocycles. The highest BCUT2D eigenvalue weighted by atomic mass is 16.5. The molecule has 4 saturated heterocycles. The fourth-order valence-electron chi connectivity index (χ4n) is 5.72. The number of piperidine rings is 1. The molecule has 0 amide bonds. The molecule has 2 aromatic heterocycles. The van der Waals surface area contributed by atoms with E-state index in [9.17, 15) is 5.11 Å². The lowest BCUT2D eigenvalue weighted by molar-refractivity contribution is -0.101. The second-order valence-corrected chi connectivity index (χ2v) is 10.5. The van der Waals surface area contributed by atoms with Crippen LogP contribution in [0.25, 0.3) is 11.3 Å². The topological polar surface area (TPSA) is 117 Å². The van der Waals surface area contributed by atoms with E-state index in [1.54, 1.807) is 18.3 Å². The molecule has 10 nitrogen and oxygen atoms in total. The van der Waals surface area contributed by atoms with Crippen molar-refractivity contribution in [1.82, 2.24) is 25.1 Å². The van der Waals surface area contributed by atoms with E-state index >= 15 is 0 Å². The predicted octanol–water partition coefficient (Wildman–Crippen LogP) is 2.54. The second-order valence-electron chi connectivity index (χ2n) is 10.5. The van der Waals surface area contributed by atoms with Crippen molar-refractivity contribution in [2.75, 3.05) is 54.9 Å². The highest BCUT2D eigenvalue weighted by molar-refractivity contribution is 5.74. The van der Waals surface area contributed by atoms with Gasteiger partial charge in [-0.2, -0.15) is 0 Å². The summed E-state index contributed by atoms with van der Waals surface area (Å²) >= 11 is 0. The number of phenolic OH excluding ortho intramolecular Hbond substituents is 1. The number of para-hydroxylation sites is 1. The average Bonchev–Trinajstić information content (AvgIpc) is 3.16. The van der Waals surface area contributed by atoms with E-state index < -0.39 is 0 Å². The molecule has 4 fully saturated rings. The predicted molar refractivity (Wildman–Crippen MR) is 150 cm³/mol. The summed E-state index contributed by atoms with van der Waals surface area (Å²) < 4.78 is 5.80. The molecule has 10 heteroatoms. The van der Waals surface area contributed by atoms with Gasteiger partial charge in [0.2, 0.25) is 5.82 Å². The Morgan fingerprint density at radius 3 is 2.79 bits per heavy atom. The van der Waals surface area contributed by atoms with Gasteiger partial charge in [-0.05, 0) is 56.4 Å². The zero-order valence-corrected chi connectivity index (χ0v) is 22.2. The fourth-order valence-corrected chi connectivity index (χ4v) is 5.72. The SMILES string of the molecule is CC1CCN(c2cc(-c3ccccc3O)nnc2N)CCN1c1ccnc(C#CCN2CC3CCC2CO3)n1. The first kappa shape index (κ1) is 25.3. The van der Waals surface area contributed by atoms with Gasteiger partial charge < -0.3 is 25.4 Å². The van der Waals surface area contributed by atoms with Gasteiger partial charge in [-0.25, -0.2) is 9.97 Å². The number of benzene rings is 1. The van der Waals surface area contributed by atoms with Crippen LogP contribution in [0.5, 0.6) is 5.75 Å². The van der Waals surface area contributed by atoms with Crippen molar-refractivity contribution in [2.45, 2.75) is 44.4 Å². The third-order valence-electron chi connectivity index (χ3n) is 8.00. The maximum atomic E-state index is 10.3. The Morgan fingerprint density at radius 2 is 2.00 bits per heavy atom. The molecule has 39 heavy (non-hydrogen) atoms. The monoisotopic (exact) mass is 526 g/mol. The number of anilines is 3. The molecule has 6 heterocycles. The minimum atomic E-state index is 0.165. The Hall–Kier alpha value is -3.94. The van der Waals surface area contributed by atoms with Gasteiger partial charge in [0, 0.05) is 50.0 Å². The first-order valence-electron chi connectivity index (χ1n) is 13.7. The number of nitrogens with two attached hydrogens (primary N) is 1. The normalized spacial score (nSPS) is 23.3. The summed E-state index contributed by atoms with van der Waals surface area (Å²) in [6.07, 6.45) is 5.42. The zero-order valence-electron chi connectivity index (χ0n) is 22.2. The minimum Gasteiger partial charge on any atom is -0.507 e. The lowest BCUT2D eigenvalue weighted by atomic mass is 9.97. The van der Waals surface area contributed by atoms with Crippen LogP contribution in [0.15, 0.2) is 42.6 Å². The third-order valence-corrected chi connectivity index (χ3v) is 8.00. The highest BCUT2D eigenvalue weighted by Gasteiger charge is 2.33. The number of ether oxygens (including phenoxy) is 1. The van der Waals surface area contributed by atoms with E-state index in [4.69, 9.17) is 15.5 Å². The van der Waals surface area contributed by atoms with Crippen LogP contribution in [0, 0.1) is 11.8 Å². The van der Waals surface area contributed by atoms with Crippen molar-refractivity contribution in [1.29, 1.82) is 0 Å². The number of hydrogen-bond acceptors (Lipinski definition) is 10. The standard InChI is InChI=1S/C29H34N8O2/c1-20-11-14-35(25-17-24(33-34-29(25)30)23-5-2-3-6-26(23)38)15-16-37(20)28-10-12-31-27(32-28)7-4-13-36-18-22-9-8-21(36)19-39-22/h2-3,5-6,10,12,17,20-22,38H,8-9,11,13-16,18-19H2,1H3,(H2,30,34). The van der Waals surface area contributed by atoms with Crippen LogP contribution in [0.2, 0.25) is 0 Å². The summed E-state index contributed by atoms with van der Waals surface area (Å²) in [6, 6.07) is 11.7. The first-order valence-corrected chi connectivity index (χ1v) is 13.7. The van der Waals surface area contributed by atoms with Crippen molar-refractivity contribution in [3.8, 4) is 28.8 Å². The Labute approximate surface area is 228 Å². The summed E-state index contributed by atoms with van der Waals surface area (Å²) in [5.74, 6) is 8.45. The molecular formula is C29H34N8O2. The lowest BCUT2D eigenvalue weighted by Gasteiger charge is -2.44. The molecule has 3 N–H and O–H groups in total. The molecule has 7 rings (SSSR count). The van der Waals surface area contributed by atoms with Crippen molar-refractivity contribution < 1.29 is 9.84 Å². The second kappa shape index (κ2) is 11.0. The minimum absolute atomic E-state index is 0.165. The van der Waals surface area contributed by atoms with Crippen molar-refractivity contribution >= 4 is 17.3 Å². The van der Waals surface area contributed by atoms with Crippen molar-refractivity contribution in [3.05, 3.63) is 48.4 Å². The van der Waals surface area contributed by atoms with Crippen molar-refractivity contribution in [2.24, 2.45) is 0 Å². The largest absolute Gasteiger partial charge is 0.507 e. The molecule has 3 atom stereocenters.